The molecule has 126 valence electrons. The molecule has 0 radical (unpaired) electrons. The molecule has 0 atom stereocenters. The maximum absolute atomic E-state index is 11.7. The number of carbonyl (C=O) groups is 1. The van der Waals surface area contributed by atoms with Crippen molar-refractivity contribution in [1.29, 1.82) is 0 Å². The molecule has 0 aliphatic carbocycles. The van der Waals surface area contributed by atoms with Crippen LogP contribution in [0.2, 0.25) is 0 Å². The number of hydrogen-bond donors (Lipinski definition) is 0. The van der Waals surface area contributed by atoms with Crippen molar-refractivity contribution in [2.24, 2.45) is 0 Å². The Morgan fingerprint density at radius 1 is 1.12 bits per heavy atom. The molecule has 0 bridgehead atoms. The fourth-order valence-corrected chi connectivity index (χ4v) is 2.62. The molecular formula is C19H20O5. The third kappa shape index (κ3) is 3.45. The Labute approximate surface area is 141 Å². The van der Waals surface area contributed by atoms with Gasteiger partial charge in [0.2, 0.25) is 6.79 Å². The molecule has 1 aliphatic heterocycles. The van der Waals surface area contributed by atoms with Crippen molar-refractivity contribution in [3.63, 3.8) is 0 Å². The average molecular weight is 328 g/mol. The average Bonchev–Trinajstić information content (AvgIpc) is 3.08. The zero-order valence-corrected chi connectivity index (χ0v) is 13.8. The zero-order valence-electron chi connectivity index (χ0n) is 13.8. The number of rotatable bonds is 6. The van der Waals surface area contributed by atoms with Crippen molar-refractivity contribution in [2.45, 2.75) is 26.4 Å². The monoisotopic (exact) mass is 328 g/mol. The minimum atomic E-state index is -0.338. The summed E-state index contributed by atoms with van der Waals surface area (Å²) in [6.45, 7) is 2.77. The second-order valence-corrected chi connectivity index (χ2v) is 5.54. The van der Waals surface area contributed by atoms with Crippen LogP contribution in [0.4, 0.5) is 0 Å². The summed E-state index contributed by atoms with van der Waals surface area (Å²) >= 11 is 0. The Hall–Kier alpha value is -2.69. The minimum Gasteiger partial charge on any atom is -0.489 e. The maximum Gasteiger partial charge on any atom is 0.337 e. The van der Waals surface area contributed by atoms with Crippen LogP contribution < -0.4 is 14.2 Å². The van der Waals surface area contributed by atoms with Crippen molar-refractivity contribution in [3.05, 3.63) is 53.1 Å². The maximum atomic E-state index is 11.7. The molecule has 0 N–H and O–H groups in total. The van der Waals surface area contributed by atoms with Gasteiger partial charge in [0.1, 0.15) is 12.4 Å². The summed E-state index contributed by atoms with van der Waals surface area (Å²) in [4.78, 5) is 11.7. The van der Waals surface area contributed by atoms with Gasteiger partial charge in [-0.2, -0.15) is 0 Å². The number of methoxy groups -OCH3 is 1. The highest BCUT2D eigenvalue weighted by Crippen LogP contribution is 2.33. The summed E-state index contributed by atoms with van der Waals surface area (Å²) in [7, 11) is 1.38. The van der Waals surface area contributed by atoms with E-state index in [-0.39, 0.29) is 12.8 Å². The van der Waals surface area contributed by atoms with E-state index in [2.05, 4.69) is 6.92 Å². The molecule has 0 saturated carbocycles. The van der Waals surface area contributed by atoms with Gasteiger partial charge in [-0.05, 0) is 47.9 Å². The molecule has 5 nitrogen and oxygen atoms in total. The van der Waals surface area contributed by atoms with Gasteiger partial charge >= 0.3 is 5.97 Å². The summed E-state index contributed by atoms with van der Waals surface area (Å²) in [6.07, 6.45) is 1.80. The smallest absolute Gasteiger partial charge is 0.337 e. The molecule has 0 saturated heterocycles. The van der Waals surface area contributed by atoms with Crippen LogP contribution in [0.5, 0.6) is 17.2 Å². The van der Waals surface area contributed by atoms with E-state index in [4.69, 9.17) is 18.9 Å². The van der Waals surface area contributed by atoms with Crippen molar-refractivity contribution >= 4 is 5.97 Å². The van der Waals surface area contributed by atoms with Crippen LogP contribution in [0.15, 0.2) is 36.4 Å². The Morgan fingerprint density at radius 2 is 1.96 bits per heavy atom. The second-order valence-electron chi connectivity index (χ2n) is 5.54. The fourth-order valence-electron chi connectivity index (χ4n) is 2.62. The quantitative estimate of drug-likeness (QED) is 0.756. The molecule has 2 aromatic carbocycles. The van der Waals surface area contributed by atoms with Gasteiger partial charge in [-0.15, -0.1) is 0 Å². The number of carbonyl (C=O) groups excluding carboxylic acids is 1. The lowest BCUT2D eigenvalue weighted by Gasteiger charge is -2.13. The Bertz CT molecular complexity index is 739. The summed E-state index contributed by atoms with van der Waals surface area (Å²) in [5, 5.41) is 0. The summed E-state index contributed by atoms with van der Waals surface area (Å²) in [5.41, 5.74) is 2.54. The SMILES string of the molecule is CCCc1cc(C(=O)OC)ccc1OCc1ccc2c(c1)OCO2. The topological polar surface area (TPSA) is 54.0 Å². The Morgan fingerprint density at radius 3 is 2.75 bits per heavy atom. The van der Waals surface area contributed by atoms with E-state index in [1.807, 2.05) is 30.3 Å². The first kappa shape index (κ1) is 16.2. The fraction of sp³-hybridized carbons (Fsp3) is 0.316. The molecule has 0 unspecified atom stereocenters. The van der Waals surface area contributed by atoms with E-state index >= 15 is 0 Å². The molecule has 24 heavy (non-hydrogen) atoms. The van der Waals surface area contributed by atoms with Crippen molar-refractivity contribution in [2.75, 3.05) is 13.9 Å². The number of fused-ring (bicyclic) bond motifs is 1. The molecule has 5 heteroatoms. The molecule has 2 aromatic rings. The molecule has 3 rings (SSSR count). The predicted molar refractivity (Wildman–Crippen MR) is 88.7 cm³/mol. The van der Waals surface area contributed by atoms with Gasteiger partial charge in [-0.3, -0.25) is 0 Å². The van der Waals surface area contributed by atoms with Crippen molar-refractivity contribution in [3.8, 4) is 17.2 Å². The molecule has 1 aliphatic rings. The summed E-state index contributed by atoms with van der Waals surface area (Å²) < 4.78 is 21.4. The highest BCUT2D eigenvalue weighted by Gasteiger charge is 2.14. The van der Waals surface area contributed by atoms with E-state index in [1.54, 1.807) is 6.07 Å². The van der Waals surface area contributed by atoms with Crippen LogP contribution in [-0.2, 0) is 17.8 Å². The lowest BCUT2D eigenvalue weighted by atomic mass is 10.1. The number of esters is 1. The molecule has 0 aromatic heterocycles. The first-order valence-electron chi connectivity index (χ1n) is 7.94. The largest absolute Gasteiger partial charge is 0.489 e. The Balaban J connectivity index is 1.75. The van der Waals surface area contributed by atoms with Gasteiger partial charge in [0.05, 0.1) is 12.7 Å². The van der Waals surface area contributed by atoms with Gasteiger partial charge in [0.15, 0.2) is 11.5 Å². The molecule has 0 amide bonds. The first-order valence-corrected chi connectivity index (χ1v) is 7.94. The van der Waals surface area contributed by atoms with Crippen molar-refractivity contribution in [1.82, 2.24) is 0 Å². The van der Waals surface area contributed by atoms with E-state index in [0.29, 0.717) is 12.2 Å². The van der Waals surface area contributed by atoms with Crippen LogP contribution in [0.1, 0.15) is 34.8 Å². The first-order chi connectivity index (χ1) is 11.7. The van der Waals surface area contributed by atoms with Gasteiger partial charge in [0, 0.05) is 0 Å². The number of benzene rings is 2. The normalized spacial score (nSPS) is 12.1. The zero-order chi connectivity index (χ0) is 16.9. The van der Waals surface area contributed by atoms with E-state index < -0.39 is 0 Å². The molecule has 1 heterocycles. The standard InChI is InChI=1S/C19H20O5/c1-3-4-14-10-15(19(20)21-2)6-8-16(14)22-11-13-5-7-17-18(9-13)24-12-23-17/h5-10H,3-4,11-12H2,1-2H3. The Kier molecular flexibility index (Phi) is 4.89. The highest BCUT2D eigenvalue weighted by molar-refractivity contribution is 5.89. The van der Waals surface area contributed by atoms with Crippen LogP contribution in [0, 0.1) is 0 Å². The lowest BCUT2D eigenvalue weighted by molar-refractivity contribution is 0.0600. The molecular weight excluding hydrogens is 308 g/mol. The van der Waals surface area contributed by atoms with Gasteiger partial charge < -0.3 is 18.9 Å². The number of hydrogen-bond acceptors (Lipinski definition) is 5. The van der Waals surface area contributed by atoms with Gasteiger partial charge in [-0.1, -0.05) is 19.4 Å². The van der Waals surface area contributed by atoms with E-state index in [9.17, 15) is 4.79 Å². The third-order valence-electron chi connectivity index (χ3n) is 3.83. The van der Waals surface area contributed by atoms with E-state index in [0.717, 1.165) is 41.2 Å². The highest BCUT2D eigenvalue weighted by atomic mass is 16.7. The molecule has 0 spiro atoms. The molecule has 0 fully saturated rings. The van der Waals surface area contributed by atoms with Crippen LogP contribution in [-0.4, -0.2) is 19.9 Å². The predicted octanol–water partition coefficient (Wildman–Crippen LogP) is 3.73. The third-order valence-corrected chi connectivity index (χ3v) is 3.83. The second kappa shape index (κ2) is 7.25. The number of ether oxygens (including phenoxy) is 4. The lowest BCUT2D eigenvalue weighted by Crippen LogP contribution is -2.04. The van der Waals surface area contributed by atoms with Gasteiger partial charge in [0.25, 0.3) is 0 Å². The minimum absolute atomic E-state index is 0.259. The van der Waals surface area contributed by atoms with E-state index in [1.165, 1.54) is 7.11 Å². The summed E-state index contributed by atoms with van der Waals surface area (Å²) in [5.74, 6) is 1.94. The summed E-state index contributed by atoms with van der Waals surface area (Å²) in [6, 6.07) is 11.1. The van der Waals surface area contributed by atoms with Crippen molar-refractivity contribution < 1.29 is 23.7 Å². The van der Waals surface area contributed by atoms with Crippen LogP contribution >= 0.6 is 0 Å². The van der Waals surface area contributed by atoms with Gasteiger partial charge in [-0.25, -0.2) is 4.79 Å². The van der Waals surface area contributed by atoms with Crippen LogP contribution in [0.3, 0.4) is 0 Å². The van der Waals surface area contributed by atoms with Crippen LogP contribution in [0.25, 0.3) is 0 Å². The number of aryl methyl sites for hydroxylation is 1.